The first-order valence-electron chi connectivity index (χ1n) is 5.66. The summed E-state index contributed by atoms with van der Waals surface area (Å²) in [5.41, 5.74) is 0.873. The second-order valence-corrected chi connectivity index (χ2v) is 4.01. The summed E-state index contributed by atoms with van der Waals surface area (Å²) in [7, 11) is 0. The molecule has 1 aromatic carbocycles. The third kappa shape index (κ3) is 6.66. The van der Waals surface area contributed by atoms with Crippen LogP contribution < -0.4 is 10.6 Å². The number of carbonyl (C=O) groups excluding carboxylic acids is 1. The van der Waals surface area contributed by atoms with Crippen molar-refractivity contribution in [2.75, 3.05) is 13.2 Å². The Labute approximate surface area is 108 Å². The third-order valence-corrected chi connectivity index (χ3v) is 2.33. The maximum absolute atomic E-state index is 11.9. The Morgan fingerprint density at radius 1 is 1.26 bits per heavy atom. The minimum atomic E-state index is -4.45. The van der Waals surface area contributed by atoms with E-state index in [-0.39, 0.29) is 6.61 Å². The summed E-state index contributed by atoms with van der Waals surface area (Å²) >= 11 is 0. The van der Waals surface area contributed by atoms with E-state index >= 15 is 0 Å². The van der Waals surface area contributed by atoms with Crippen LogP contribution in [-0.2, 0) is 6.42 Å². The van der Waals surface area contributed by atoms with Crippen molar-refractivity contribution in [3.8, 4) is 0 Å². The summed E-state index contributed by atoms with van der Waals surface area (Å²) in [6.45, 7) is -1.75. The molecule has 0 spiro atoms. The van der Waals surface area contributed by atoms with Crippen LogP contribution in [0.3, 0.4) is 0 Å². The van der Waals surface area contributed by atoms with Crippen molar-refractivity contribution in [1.29, 1.82) is 0 Å². The molecule has 4 nitrogen and oxygen atoms in total. The zero-order valence-electron chi connectivity index (χ0n) is 10.1. The molecule has 1 aromatic rings. The molecule has 0 aromatic heterocycles. The largest absolute Gasteiger partial charge is 0.405 e. The first-order chi connectivity index (χ1) is 8.90. The fourth-order valence-corrected chi connectivity index (χ4v) is 1.48. The number of hydrogen-bond donors (Lipinski definition) is 3. The smallest absolute Gasteiger partial charge is 0.394 e. The Morgan fingerprint density at radius 2 is 1.89 bits per heavy atom. The zero-order chi connectivity index (χ0) is 14.3. The lowest BCUT2D eigenvalue weighted by molar-refractivity contribution is -0.122. The van der Waals surface area contributed by atoms with Crippen molar-refractivity contribution in [1.82, 2.24) is 10.6 Å². The van der Waals surface area contributed by atoms with Crippen molar-refractivity contribution in [2.24, 2.45) is 0 Å². The van der Waals surface area contributed by atoms with E-state index in [1.807, 2.05) is 6.07 Å². The molecular weight excluding hydrogens is 261 g/mol. The fourth-order valence-electron chi connectivity index (χ4n) is 1.48. The first kappa shape index (κ1) is 15.3. The SMILES string of the molecule is O=C(NCC(F)(F)F)N[C@@H](CO)Cc1ccccc1. The predicted octanol–water partition coefficient (Wildman–Crippen LogP) is 1.45. The Balaban J connectivity index is 2.42. The summed E-state index contributed by atoms with van der Waals surface area (Å²) < 4.78 is 35.7. The molecule has 1 rings (SSSR count). The lowest BCUT2D eigenvalue weighted by atomic mass is 10.1. The molecule has 3 N–H and O–H groups in total. The highest BCUT2D eigenvalue weighted by Crippen LogP contribution is 2.12. The van der Waals surface area contributed by atoms with Crippen LogP contribution in [0.15, 0.2) is 30.3 Å². The van der Waals surface area contributed by atoms with E-state index in [9.17, 15) is 18.0 Å². The zero-order valence-corrected chi connectivity index (χ0v) is 10.1. The number of halogens is 3. The van der Waals surface area contributed by atoms with E-state index in [1.165, 1.54) is 0 Å². The molecule has 0 unspecified atom stereocenters. The number of nitrogens with one attached hydrogen (secondary N) is 2. The monoisotopic (exact) mass is 276 g/mol. The molecule has 0 bridgehead atoms. The van der Waals surface area contributed by atoms with Gasteiger partial charge in [0.15, 0.2) is 0 Å². The molecule has 0 aliphatic heterocycles. The van der Waals surface area contributed by atoms with Gasteiger partial charge >= 0.3 is 12.2 Å². The van der Waals surface area contributed by atoms with Gasteiger partial charge < -0.3 is 15.7 Å². The Morgan fingerprint density at radius 3 is 2.42 bits per heavy atom. The maximum atomic E-state index is 11.9. The van der Waals surface area contributed by atoms with E-state index in [2.05, 4.69) is 5.32 Å². The molecule has 0 aliphatic carbocycles. The van der Waals surface area contributed by atoms with Crippen molar-refractivity contribution in [3.05, 3.63) is 35.9 Å². The minimum Gasteiger partial charge on any atom is -0.394 e. The summed E-state index contributed by atoms with van der Waals surface area (Å²) in [4.78, 5) is 11.2. The second-order valence-electron chi connectivity index (χ2n) is 4.01. The molecule has 0 aliphatic rings. The van der Waals surface area contributed by atoms with Gasteiger partial charge in [0, 0.05) is 0 Å². The van der Waals surface area contributed by atoms with E-state index in [0.717, 1.165) is 5.56 Å². The van der Waals surface area contributed by atoms with Crippen LogP contribution in [0.4, 0.5) is 18.0 Å². The van der Waals surface area contributed by atoms with Crippen molar-refractivity contribution in [3.63, 3.8) is 0 Å². The lowest BCUT2D eigenvalue weighted by Crippen LogP contribution is -2.47. The average molecular weight is 276 g/mol. The van der Waals surface area contributed by atoms with Crippen LogP contribution in [0.1, 0.15) is 5.56 Å². The first-order valence-corrected chi connectivity index (χ1v) is 5.66. The molecule has 0 radical (unpaired) electrons. The van der Waals surface area contributed by atoms with E-state index in [0.29, 0.717) is 6.42 Å². The molecule has 2 amide bonds. The lowest BCUT2D eigenvalue weighted by Gasteiger charge is -2.17. The number of urea groups is 1. The number of alkyl halides is 3. The van der Waals surface area contributed by atoms with E-state index in [1.54, 1.807) is 29.6 Å². The molecule has 0 saturated carbocycles. The van der Waals surface area contributed by atoms with Crippen LogP contribution >= 0.6 is 0 Å². The molecule has 0 fully saturated rings. The average Bonchev–Trinajstić information content (AvgIpc) is 2.36. The summed E-state index contributed by atoms with van der Waals surface area (Å²) in [5.74, 6) is 0. The van der Waals surface area contributed by atoms with Crippen LogP contribution in [0.25, 0.3) is 0 Å². The topological polar surface area (TPSA) is 61.4 Å². The number of benzene rings is 1. The maximum Gasteiger partial charge on any atom is 0.405 e. The van der Waals surface area contributed by atoms with Gasteiger partial charge in [-0.2, -0.15) is 13.2 Å². The third-order valence-electron chi connectivity index (χ3n) is 2.33. The summed E-state index contributed by atoms with van der Waals surface area (Å²) in [6, 6.07) is 7.45. The van der Waals surface area contributed by atoms with Crippen molar-refractivity contribution < 1.29 is 23.1 Å². The molecule has 1 atom stereocenters. The fraction of sp³-hybridized carbons (Fsp3) is 0.417. The second kappa shape index (κ2) is 6.98. The molecule has 7 heteroatoms. The standard InChI is InChI=1S/C12H15F3N2O2/c13-12(14,15)8-16-11(19)17-10(7-18)6-9-4-2-1-3-5-9/h1-5,10,18H,6-8H2,(H2,16,17,19)/t10-/m1/s1. The Bertz CT molecular complexity index is 396. The van der Waals surface area contributed by atoms with Gasteiger partial charge in [-0.25, -0.2) is 4.79 Å². The van der Waals surface area contributed by atoms with Crippen LogP contribution in [0.2, 0.25) is 0 Å². The van der Waals surface area contributed by atoms with E-state index < -0.39 is 24.8 Å². The normalized spacial score (nSPS) is 12.8. The molecule has 19 heavy (non-hydrogen) atoms. The number of aliphatic hydroxyl groups excluding tert-OH is 1. The van der Waals surface area contributed by atoms with Gasteiger partial charge in [0.25, 0.3) is 0 Å². The number of rotatable bonds is 5. The Hall–Kier alpha value is -1.76. The molecule has 0 saturated heterocycles. The van der Waals surface area contributed by atoms with Gasteiger partial charge in [0.05, 0.1) is 12.6 Å². The van der Waals surface area contributed by atoms with Gasteiger partial charge in [-0.1, -0.05) is 30.3 Å². The quantitative estimate of drug-likeness (QED) is 0.762. The Kier molecular flexibility index (Phi) is 5.62. The van der Waals surface area contributed by atoms with Gasteiger partial charge in [-0.15, -0.1) is 0 Å². The van der Waals surface area contributed by atoms with Crippen LogP contribution in [0.5, 0.6) is 0 Å². The number of hydrogen-bond acceptors (Lipinski definition) is 2. The van der Waals surface area contributed by atoms with Crippen molar-refractivity contribution >= 4 is 6.03 Å². The highest BCUT2D eigenvalue weighted by Gasteiger charge is 2.28. The van der Waals surface area contributed by atoms with Gasteiger partial charge in [-0.3, -0.25) is 0 Å². The minimum absolute atomic E-state index is 0.344. The van der Waals surface area contributed by atoms with Crippen LogP contribution in [0, 0.1) is 0 Å². The highest BCUT2D eigenvalue weighted by molar-refractivity contribution is 5.74. The molecule has 106 valence electrons. The number of amides is 2. The summed E-state index contributed by atoms with van der Waals surface area (Å²) in [5, 5.41) is 13.1. The highest BCUT2D eigenvalue weighted by atomic mass is 19.4. The van der Waals surface area contributed by atoms with Gasteiger partial charge in [0.2, 0.25) is 0 Å². The molecular formula is C12H15F3N2O2. The summed E-state index contributed by atoms with van der Waals surface area (Å²) in [6.07, 6.45) is -4.11. The predicted molar refractivity (Wildman–Crippen MR) is 63.6 cm³/mol. The van der Waals surface area contributed by atoms with Gasteiger partial charge in [0.1, 0.15) is 6.54 Å². The van der Waals surface area contributed by atoms with Gasteiger partial charge in [-0.05, 0) is 12.0 Å². The number of aliphatic hydroxyl groups is 1. The molecule has 0 heterocycles. The van der Waals surface area contributed by atoms with Crippen LogP contribution in [-0.4, -0.2) is 36.5 Å². The van der Waals surface area contributed by atoms with E-state index in [4.69, 9.17) is 5.11 Å². The van der Waals surface area contributed by atoms with Crippen molar-refractivity contribution in [2.45, 2.75) is 18.6 Å². The number of carbonyl (C=O) groups is 1.